The molecule has 0 radical (unpaired) electrons. The molecule has 9 aromatic carbocycles. The highest BCUT2D eigenvalue weighted by molar-refractivity contribution is 6.09. The van der Waals surface area contributed by atoms with Crippen molar-refractivity contribution in [2.45, 2.75) is 0 Å². The summed E-state index contributed by atoms with van der Waals surface area (Å²) in [6.07, 6.45) is 0. The molecular formula is C57H35N5. The van der Waals surface area contributed by atoms with E-state index < -0.39 is 0 Å². The molecule has 5 nitrogen and oxygen atoms in total. The molecule has 0 saturated carbocycles. The van der Waals surface area contributed by atoms with E-state index in [1.807, 2.05) is 24.3 Å². The van der Waals surface area contributed by atoms with Crippen molar-refractivity contribution >= 4 is 11.4 Å². The molecule has 0 spiro atoms. The number of hydrogen-bond acceptors (Lipinski definition) is 5. The fraction of sp³-hybridized carbons (Fsp3) is 0. The molecule has 0 fully saturated rings. The van der Waals surface area contributed by atoms with Crippen LogP contribution in [-0.2, 0) is 0 Å². The van der Waals surface area contributed by atoms with E-state index >= 15 is 0 Å². The van der Waals surface area contributed by atoms with Gasteiger partial charge in [0.2, 0.25) is 0 Å². The van der Waals surface area contributed by atoms with E-state index in [1.165, 1.54) is 5.56 Å². The average Bonchev–Trinajstić information content (AvgIpc) is 3.93. The maximum Gasteiger partial charge on any atom is 0.105 e. The van der Waals surface area contributed by atoms with Gasteiger partial charge in [-0.1, -0.05) is 188 Å². The normalized spacial score (nSPS) is 11.8. The zero-order valence-electron chi connectivity index (χ0n) is 33.4. The van der Waals surface area contributed by atoms with Gasteiger partial charge in [-0.25, -0.2) is 9.98 Å². The average molecular weight is 790 g/mol. The number of aromatic nitrogens is 3. The monoisotopic (exact) mass is 789 g/mol. The van der Waals surface area contributed by atoms with Crippen LogP contribution in [-0.4, -0.2) is 15.4 Å². The zero-order chi connectivity index (χ0) is 41.0. The minimum Gasteiger partial charge on any atom is -0.248 e. The fourth-order valence-corrected chi connectivity index (χ4v) is 9.38. The third-order valence-corrected chi connectivity index (χ3v) is 12.1. The Bertz CT molecular complexity index is 3620. The lowest BCUT2D eigenvalue weighted by atomic mass is 9.81. The van der Waals surface area contributed by atoms with Crippen LogP contribution >= 0.6 is 0 Å². The highest BCUT2D eigenvalue weighted by Crippen LogP contribution is 2.53. The number of rotatable bonds is 7. The van der Waals surface area contributed by atoms with Gasteiger partial charge in [0.25, 0.3) is 0 Å². The van der Waals surface area contributed by atoms with Crippen LogP contribution in [0.5, 0.6) is 0 Å². The first-order valence-electron chi connectivity index (χ1n) is 20.9. The van der Waals surface area contributed by atoms with Gasteiger partial charge in [0, 0.05) is 43.8 Å². The molecular weight excluding hydrogens is 755 g/mol. The van der Waals surface area contributed by atoms with E-state index in [4.69, 9.17) is 20.2 Å². The van der Waals surface area contributed by atoms with Crippen molar-refractivity contribution in [3.8, 4) is 89.3 Å². The van der Waals surface area contributed by atoms with Crippen LogP contribution in [0.15, 0.2) is 222 Å². The quantitative estimate of drug-likeness (QED) is 0.162. The maximum absolute atomic E-state index is 5.33. The molecule has 0 amide bonds. The van der Waals surface area contributed by atoms with Crippen LogP contribution in [0.1, 0.15) is 0 Å². The summed E-state index contributed by atoms with van der Waals surface area (Å²) in [4.78, 5) is 10.7. The molecule has 0 unspecified atom stereocenters. The van der Waals surface area contributed by atoms with E-state index in [9.17, 15) is 0 Å². The first-order chi connectivity index (χ1) is 30.8. The van der Waals surface area contributed by atoms with E-state index in [-0.39, 0.29) is 0 Å². The van der Waals surface area contributed by atoms with Gasteiger partial charge in [0.05, 0.1) is 22.1 Å². The van der Waals surface area contributed by atoms with Gasteiger partial charge in [-0.05, 0) is 74.0 Å². The number of nitrogens with zero attached hydrogens (tertiary/aromatic N) is 5. The molecule has 2 aliphatic heterocycles. The Kier molecular flexibility index (Phi) is 8.42. The second-order valence-corrected chi connectivity index (χ2v) is 15.6. The van der Waals surface area contributed by atoms with E-state index in [1.54, 1.807) is 0 Å². The second-order valence-electron chi connectivity index (χ2n) is 15.6. The minimum absolute atomic E-state index is 0.756. The molecule has 10 aromatic rings. The summed E-state index contributed by atoms with van der Waals surface area (Å²) in [6.45, 7) is 0. The van der Waals surface area contributed by atoms with Crippen molar-refractivity contribution in [1.82, 2.24) is 15.4 Å². The second kappa shape index (κ2) is 14.7. The summed E-state index contributed by atoms with van der Waals surface area (Å²) >= 11 is 0. The molecule has 0 bridgehead atoms. The topological polar surface area (TPSA) is 63.4 Å². The van der Waals surface area contributed by atoms with E-state index in [0.717, 1.165) is 116 Å². The maximum atomic E-state index is 5.33. The molecule has 12 rings (SSSR count). The molecule has 0 saturated heterocycles. The lowest BCUT2D eigenvalue weighted by Gasteiger charge is -2.22. The van der Waals surface area contributed by atoms with Crippen molar-refractivity contribution in [2.24, 2.45) is 9.98 Å². The molecule has 1 aromatic heterocycles. The van der Waals surface area contributed by atoms with Crippen molar-refractivity contribution in [2.75, 3.05) is 0 Å². The van der Waals surface area contributed by atoms with Crippen LogP contribution in [0.4, 0.5) is 11.4 Å². The molecule has 2 aliphatic rings. The predicted octanol–water partition coefficient (Wildman–Crippen LogP) is 13.0. The van der Waals surface area contributed by atoms with Crippen LogP contribution in [0.25, 0.3) is 89.3 Å². The van der Waals surface area contributed by atoms with Gasteiger partial charge in [-0.3, -0.25) is 0 Å². The molecule has 0 N–H and O–H groups in total. The summed E-state index contributed by atoms with van der Waals surface area (Å²) in [7, 11) is 0. The summed E-state index contributed by atoms with van der Waals surface area (Å²) in [5.74, 6) is 0. The Hall–Kier alpha value is -8.41. The van der Waals surface area contributed by atoms with Gasteiger partial charge in [0.1, 0.15) is 11.4 Å². The number of para-hydroxylation sites is 1. The number of hydrogen-bond donors (Lipinski definition) is 0. The lowest BCUT2D eigenvalue weighted by molar-refractivity contribution is 0.879. The summed E-state index contributed by atoms with van der Waals surface area (Å²) in [5.41, 5.74) is 18.3. The Morgan fingerprint density at radius 3 is 1.53 bits per heavy atom. The molecule has 5 heteroatoms. The molecule has 288 valence electrons. The molecule has 3 heterocycles. The SMILES string of the molecule is c1ccc(-c2ccccc2-c2ccccc2-c2c(-c3ccccc3-c3nnnc(-c4ccccc4)c3-c3ccccc3)ccc3c2-c2c4c(ccc2=N3)=c2ccccc2=N4)cc1. The molecule has 0 aliphatic carbocycles. The van der Waals surface area contributed by atoms with Crippen LogP contribution in [0.2, 0.25) is 0 Å². The summed E-state index contributed by atoms with van der Waals surface area (Å²) in [6, 6.07) is 74.6. The van der Waals surface area contributed by atoms with E-state index in [0.29, 0.717) is 0 Å². The first kappa shape index (κ1) is 35.5. The van der Waals surface area contributed by atoms with Crippen molar-refractivity contribution in [1.29, 1.82) is 0 Å². The smallest absolute Gasteiger partial charge is 0.105 e. The van der Waals surface area contributed by atoms with Gasteiger partial charge < -0.3 is 0 Å². The Balaban J connectivity index is 1.18. The van der Waals surface area contributed by atoms with Crippen molar-refractivity contribution < 1.29 is 0 Å². The number of fused-ring (bicyclic) bond motifs is 6. The molecule has 0 atom stereocenters. The lowest BCUT2D eigenvalue weighted by Crippen LogP contribution is -2.03. The standard InChI is InChI=1S/C57H35N5/c1-4-18-36(19-5-1)39-24-10-11-25-40(39)41-26-12-14-29-44(41)52-45(32-34-49-53(52)54-50(58-49)35-33-47-43-28-16-17-31-48(43)59-56(47)54)42-27-13-15-30-46(42)57-51(37-20-6-2-7-21-37)55(60-62-61-57)38-22-8-3-9-23-38/h1-35H. The Morgan fingerprint density at radius 1 is 0.258 bits per heavy atom. The van der Waals surface area contributed by atoms with Crippen molar-refractivity contribution in [3.05, 3.63) is 233 Å². The minimum atomic E-state index is 0.756. The Morgan fingerprint density at radius 2 is 0.806 bits per heavy atom. The van der Waals surface area contributed by atoms with Gasteiger partial charge in [-0.2, -0.15) is 0 Å². The van der Waals surface area contributed by atoms with Crippen LogP contribution in [0, 0.1) is 10.4 Å². The third kappa shape index (κ3) is 5.75. The zero-order valence-corrected chi connectivity index (χ0v) is 33.4. The van der Waals surface area contributed by atoms with E-state index in [2.05, 4.69) is 193 Å². The highest BCUT2D eigenvalue weighted by Gasteiger charge is 2.30. The van der Waals surface area contributed by atoms with Gasteiger partial charge >= 0.3 is 0 Å². The predicted molar refractivity (Wildman–Crippen MR) is 249 cm³/mol. The van der Waals surface area contributed by atoms with Crippen LogP contribution < -0.4 is 10.7 Å². The summed E-state index contributed by atoms with van der Waals surface area (Å²) < 4.78 is 0. The van der Waals surface area contributed by atoms with Gasteiger partial charge in [-0.15, -0.1) is 10.2 Å². The Labute approximate surface area is 358 Å². The highest BCUT2D eigenvalue weighted by atomic mass is 15.3. The van der Waals surface area contributed by atoms with Crippen molar-refractivity contribution in [3.63, 3.8) is 0 Å². The van der Waals surface area contributed by atoms with Gasteiger partial charge in [0.15, 0.2) is 0 Å². The summed E-state index contributed by atoms with van der Waals surface area (Å²) in [5, 5.41) is 18.2. The number of benzene rings is 9. The molecule has 62 heavy (non-hydrogen) atoms. The third-order valence-electron chi connectivity index (χ3n) is 12.1. The fourth-order valence-electron chi connectivity index (χ4n) is 9.38. The van der Waals surface area contributed by atoms with Crippen LogP contribution in [0.3, 0.4) is 0 Å². The largest absolute Gasteiger partial charge is 0.248 e. The first-order valence-corrected chi connectivity index (χ1v) is 20.9.